The molecule has 0 aliphatic carbocycles. The van der Waals surface area contributed by atoms with Gasteiger partial charge in [0, 0.05) is 30.5 Å². The minimum absolute atomic E-state index is 0.169. The number of benzene rings is 3. The molecule has 1 N–H and O–H groups in total. The van der Waals surface area contributed by atoms with Gasteiger partial charge in [0.05, 0.1) is 6.61 Å². The Kier molecular flexibility index (Phi) is 8.42. The van der Waals surface area contributed by atoms with E-state index in [-0.39, 0.29) is 11.7 Å². The quantitative estimate of drug-likeness (QED) is 0.481. The van der Waals surface area contributed by atoms with Gasteiger partial charge in [0.15, 0.2) is 0 Å². The van der Waals surface area contributed by atoms with Gasteiger partial charge in [-0.2, -0.15) is 0 Å². The second-order valence-electron chi connectivity index (χ2n) is 10.5. The summed E-state index contributed by atoms with van der Waals surface area (Å²) >= 11 is 0. The van der Waals surface area contributed by atoms with Crippen LogP contribution in [0.2, 0.25) is 0 Å². The zero-order chi connectivity index (χ0) is 25.5. The van der Waals surface area contributed by atoms with Crippen molar-refractivity contribution in [3.63, 3.8) is 0 Å². The van der Waals surface area contributed by atoms with Gasteiger partial charge in [0.1, 0.15) is 11.6 Å². The Bertz CT molecular complexity index is 1190. The first-order valence-electron chi connectivity index (χ1n) is 12.9. The Morgan fingerprint density at radius 2 is 1.81 bits per heavy atom. The maximum absolute atomic E-state index is 14.3. The van der Waals surface area contributed by atoms with Crippen molar-refractivity contribution in [2.45, 2.75) is 51.5 Å². The van der Waals surface area contributed by atoms with Crippen molar-refractivity contribution in [2.24, 2.45) is 0 Å². The SMILES string of the molecule is CN1CCCCCOc2ccc(C(=O)NCC(C)(C)c3ccccc3F)cc2Cc2cccc(c2)C1. The fourth-order valence-electron chi connectivity index (χ4n) is 4.80. The highest BCUT2D eigenvalue weighted by atomic mass is 19.1. The molecular formula is C31H37FN2O2. The van der Waals surface area contributed by atoms with Crippen molar-refractivity contribution < 1.29 is 13.9 Å². The summed E-state index contributed by atoms with van der Waals surface area (Å²) in [6, 6.07) is 21.0. The zero-order valence-corrected chi connectivity index (χ0v) is 21.6. The summed E-state index contributed by atoms with van der Waals surface area (Å²) in [6.07, 6.45) is 3.97. The van der Waals surface area contributed by atoms with Gasteiger partial charge in [-0.15, -0.1) is 0 Å². The second kappa shape index (κ2) is 11.7. The van der Waals surface area contributed by atoms with Crippen LogP contribution in [0, 0.1) is 5.82 Å². The Labute approximate surface area is 214 Å². The van der Waals surface area contributed by atoms with E-state index in [1.165, 1.54) is 17.2 Å². The highest BCUT2D eigenvalue weighted by molar-refractivity contribution is 5.94. The third kappa shape index (κ3) is 6.73. The van der Waals surface area contributed by atoms with E-state index in [0.717, 1.165) is 43.7 Å². The molecule has 0 aromatic heterocycles. The molecule has 1 amide bonds. The Morgan fingerprint density at radius 1 is 1.00 bits per heavy atom. The number of hydrogen-bond acceptors (Lipinski definition) is 3. The van der Waals surface area contributed by atoms with Crippen LogP contribution in [0.15, 0.2) is 66.7 Å². The van der Waals surface area contributed by atoms with Gasteiger partial charge in [-0.05, 0) is 79.4 Å². The highest BCUT2D eigenvalue weighted by Gasteiger charge is 2.25. The number of halogens is 1. The van der Waals surface area contributed by atoms with Gasteiger partial charge in [0.25, 0.3) is 5.91 Å². The predicted octanol–water partition coefficient (Wildman–Crippen LogP) is 6.12. The van der Waals surface area contributed by atoms with E-state index < -0.39 is 5.41 Å². The van der Waals surface area contributed by atoms with Crippen molar-refractivity contribution in [1.29, 1.82) is 0 Å². The molecule has 4 rings (SSSR count). The van der Waals surface area contributed by atoms with Crippen LogP contribution in [0.4, 0.5) is 4.39 Å². The fourth-order valence-corrected chi connectivity index (χ4v) is 4.80. The lowest BCUT2D eigenvalue weighted by atomic mass is 9.84. The molecule has 5 heteroatoms. The molecule has 2 bridgehead atoms. The molecule has 0 atom stereocenters. The molecule has 0 fully saturated rings. The molecule has 0 radical (unpaired) electrons. The second-order valence-corrected chi connectivity index (χ2v) is 10.5. The standard InChI is InChI=1S/C31H37FN2O2/c1-31(2,27-12-5-6-13-28(27)32)22-33-30(35)25-14-15-29-26(20-25)19-23-10-9-11-24(18-23)21-34(3)16-7-4-8-17-36-29/h5-6,9-15,18,20H,4,7-8,16-17,19,21-22H2,1-3H3,(H,33,35). The summed E-state index contributed by atoms with van der Waals surface area (Å²) in [5.74, 6) is 0.406. The van der Waals surface area contributed by atoms with Crippen molar-refractivity contribution >= 4 is 5.91 Å². The number of fused-ring (bicyclic) bond motifs is 3. The molecule has 0 spiro atoms. The minimum atomic E-state index is -0.536. The minimum Gasteiger partial charge on any atom is -0.493 e. The molecule has 4 nitrogen and oxygen atoms in total. The van der Waals surface area contributed by atoms with E-state index in [1.807, 2.05) is 38.1 Å². The number of ether oxygens (including phenoxy) is 1. The average molecular weight is 489 g/mol. The van der Waals surface area contributed by atoms with Gasteiger partial charge >= 0.3 is 0 Å². The van der Waals surface area contributed by atoms with Gasteiger partial charge in [-0.25, -0.2) is 4.39 Å². The molecule has 36 heavy (non-hydrogen) atoms. The Morgan fingerprint density at radius 3 is 2.64 bits per heavy atom. The number of nitrogens with one attached hydrogen (secondary N) is 1. The zero-order valence-electron chi connectivity index (χ0n) is 21.6. The van der Waals surface area contributed by atoms with Crippen LogP contribution in [0.5, 0.6) is 5.75 Å². The first-order chi connectivity index (χ1) is 17.3. The summed E-state index contributed by atoms with van der Waals surface area (Å²) in [7, 11) is 2.17. The molecule has 0 unspecified atom stereocenters. The molecule has 1 aliphatic rings. The number of carbonyl (C=O) groups excluding carboxylic acids is 1. The number of rotatable bonds is 4. The predicted molar refractivity (Wildman–Crippen MR) is 143 cm³/mol. The van der Waals surface area contributed by atoms with Crippen molar-refractivity contribution in [3.8, 4) is 5.75 Å². The van der Waals surface area contributed by atoms with Crippen LogP contribution in [-0.4, -0.2) is 37.6 Å². The summed E-state index contributed by atoms with van der Waals surface area (Å²) in [5, 5.41) is 3.01. The highest BCUT2D eigenvalue weighted by Crippen LogP contribution is 2.27. The van der Waals surface area contributed by atoms with Crippen molar-refractivity contribution in [1.82, 2.24) is 10.2 Å². The number of hydrogen-bond donors (Lipinski definition) is 1. The van der Waals surface area contributed by atoms with Crippen molar-refractivity contribution in [2.75, 3.05) is 26.7 Å². The number of nitrogens with zero attached hydrogens (tertiary/aromatic N) is 1. The van der Waals surface area contributed by atoms with E-state index in [1.54, 1.807) is 12.1 Å². The molecular weight excluding hydrogens is 451 g/mol. The van der Waals surface area contributed by atoms with Gasteiger partial charge < -0.3 is 15.0 Å². The maximum atomic E-state index is 14.3. The van der Waals surface area contributed by atoms with E-state index in [2.05, 4.69) is 41.5 Å². The lowest BCUT2D eigenvalue weighted by molar-refractivity contribution is 0.0945. The number of amides is 1. The Hall–Kier alpha value is -3.18. The lowest BCUT2D eigenvalue weighted by Crippen LogP contribution is -2.37. The molecule has 3 aromatic rings. The molecule has 0 saturated carbocycles. The lowest BCUT2D eigenvalue weighted by Gasteiger charge is -2.26. The topological polar surface area (TPSA) is 41.6 Å². The van der Waals surface area contributed by atoms with Gasteiger partial charge in [-0.3, -0.25) is 4.79 Å². The van der Waals surface area contributed by atoms with Crippen LogP contribution in [-0.2, 0) is 18.4 Å². The summed E-state index contributed by atoms with van der Waals surface area (Å²) in [5.41, 5.74) is 4.12. The largest absolute Gasteiger partial charge is 0.493 e. The van der Waals surface area contributed by atoms with E-state index in [0.29, 0.717) is 30.7 Å². The Balaban J connectivity index is 1.54. The third-order valence-electron chi connectivity index (χ3n) is 6.90. The smallest absolute Gasteiger partial charge is 0.251 e. The van der Waals surface area contributed by atoms with Crippen LogP contribution >= 0.6 is 0 Å². The summed E-state index contributed by atoms with van der Waals surface area (Å²) in [6.45, 7) is 6.88. The molecule has 1 aliphatic heterocycles. The normalized spacial score (nSPS) is 15.3. The third-order valence-corrected chi connectivity index (χ3v) is 6.90. The van der Waals surface area contributed by atoms with Gasteiger partial charge in [0.2, 0.25) is 0 Å². The van der Waals surface area contributed by atoms with Crippen molar-refractivity contribution in [3.05, 3.63) is 100 Å². The molecule has 190 valence electrons. The first kappa shape index (κ1) is 25.9. The van der Waals surface area contributed by atoms with Gasteiger partial charge in [-0.1, -0.05) is 56.3 Å². The summed E-state index contributed by atoms with van der Waals surface area (Å²) in [4.78, 5) is 15.5. The van der Waals surface area contributed by atoms with E-state index in [9.17, 15) is 9.18 Å². The van der Waals surface area contributed by atoms with Crippen LogP contribution in [0.1, 0.15) is 65.7 Å². The van der Waals surface area contributed by atoms with E-state index >= 15 is 0 Å². The average Bonchev–Trinajstić information content (AvgIpc) is 2.85. The van der Waals surface area contributed by atoms with Crippen LogP contribution in [0.3, 0.4) is 0 Å². The number of carbonyl (C=O) groups is 1. The molecule has 1 heterocycles. The van der Waals surface area contributed by atoms with Crippen LogP contribution < -0.4 is 10.1 Å². The first-order valence-corrected chi connectivity index (χ1v) is 12.9. The monoisotopic (exact) mass is 488 g/mol. The fraction of sp³-hybridized carbons (Fsp3) is 0.387. The molecule has 3 aromatic carbocycles. The van der Waals surface area contributed by atoms with E-state index in [4.69, 9.17) is 4.74 Å². The molecule has 0 saturated heterocycles. The van der Waals surface area contributed by atoms with Crippen LogP contribution in [0.25, 0.3) is 0 Å². The maximum Gasteiger partial charge on any atom is 0.251 e. The summed E-state index contributed by atoms with van der Waals surface area (Å²) < 4.78 is 20.5.